The Bertz CT molecular complexity index is 359. The summed E-state index contributed by atoms with van der Waals surface area (Å²) in [5.74, 6) is -0.199. The fraction of sp³-hybridized carbons (Fsp3) is 0.867. The standard InChI is InChI=1S/C15H26N2O3/c1-2-12-6-5-8-16(11-12)15(20)17-9-4-3-7-13(17)10-14(18)19/h12-13H,2-11H2,1H3,(H,18,19). The van der Waals surface area contributed by atoms with Gasteiger partial charge in [0.05, 0.1) is 6.42 Å². The fourth-order valence-corrected chi connectivity index (χ4v) is 3.42. The van der Waals surface area contributed by atoms with E-state index in [1.165, 1.54) is 6.42 Å². The van der Waals surface area contributed by atoms with Gasteiger partial charge in [-0.15, -0.1) is 0 Å². The van der Waals surface area contributed by atoms with Crippen LogP contribution >= 0.6 is 0 Å². The number of rotatable bonds is 3. The van der Waals surface area contributed by atoms with Gasteiger partial charge in [0.15, 0.2) is 0 Å². The number of nitrogens with zero attached hydrogens (tertiary/aromatic N) is 2. The molecule has 20 heavy (non-hydrogen) atoms. The Morgan fingerprint density at radius 2 is 1.95 bits per heavy atom. The van der Waals surface area contributed by atoms with Crippen LogP contribution in [-0.2, 0) is 4.79 Å². The van der Waals surface area contributed by atoms with E-state index in [0.717, 1.165) is 45.2 Å². The van der Waals surface area contributed by atoms with Crippen LogP contribution in [0.5, 0.6) is 0 Å². The van der Waals surface area contributed by atoms with E-state index in [2.05, 4.69) is 6.92 Å². The van der Waals surface area contributed by atoms with Crippen LogP contribution in [0, 0.1) is 5.92 Å². The van der Waals surface area contributed by atoms with Crippen LogP contribution in [0.1, 0.15) is 51.9 Å². The van der Waals surface area contributed by atoms with Crippen LogP contribution in [0.4, 0.5) is 4.79 Å². The van der Waals surface area contributed by atoms with Crippen molar-refractivity contribution in [3.63, 3.8) is 0 Å². The molecule has 1 N–H and O–H groups in total. The molecule has 2 fully saturated rings. The molecular formula is C15H26N2O3. The quantitative estimate of drug-likeness (QED) is 0.865. The molecule has 0 aliphatic carbocycles. The second-order valence-electron chi connectivity index (χ2n) is 6.09. The average molecular weight is 282 g/mol. The van der Waals surface area contributed by atoms with E-state index >= 15 is 0 Å². The van der Waals surface area contributed by atoms with Gasteiger partial charge < -0.3 is 14.9 Å². The summed E-state index contributed by atoms with van der Waals surface area (Å²) >= 11 is 0. The lowest BCUT2D eigenvalue weighted by Crippen LogP contribution is -2.53. The molecule has 0 bridgehead atoms. The van der Waals surface area contributed by atoms with Crippen molar-refractivity contribution in [3.8, 4) is 0 Å². The molecule has 0 radical (unpaired) electrons. The van der Waals surface area contributed by atoms with E-state index in [0.29, 0.717) is 12.5 Å². The second-order valence-corrected chi connectivity index (χ2v) is 6.09. The predicted octanol–water partition coefficient (Wildman–Crippen LogP) is 2.56. The molecule has 5 nitrogen and oxygen atoms in total. The second kappa shape index (κ2) is 6.95. The number of amides is 2. The zero-order valence-electron chi connectivity index (χ0n) is 12.4. The molecule has 2 rings (SSSR count). The number of piperidine rings is 2. The summed E-state index contributed by atoms with van der Waals surface area (Å²) in [5, 5.41) is 9.00. The molecule has 2 unspecified atom stereocenters. The summed E-state index contributed by atoms with van der Waals surface area (Å²) in [6.45, 7) is 4.55. The van der Waals surface area contributed by atoms with E-state index in [-0.39, 0.29) is 18.5 Å². The van der Waals surface area contributed by atoms with E-state index in [1.54, 1.807) is 0 Å². The molecule has 114 valence electrons. The van der Waals surface area contributed by atoms with Crippen LogP contribution in [0.2, 0.25) is 0 Å². The van der Waals surface area contributed by atoms with Crippen LogP contribution < -0.4 is 0 Å². The van der Waals surface area contributed by atoms with Crippen LogP contribution in [0.15, 0.2) is 0 Å². The van der Waals surface area contributed by atoms with Gasteiger partial charge in [0.1, 0.15) is 0 Å². The Hall–Kier alpha value is -1.26. The predicted molar refractivity (Wildman–Crippen MR) is 76.6 cm³/mol. The van der Waals surface area contributed by atoms with Crippen molar-refractivity contribution in [2.45, 2.75) is 57.9 Å². The number of hydrogen-bond acceptors (Lipinski definition) is 2. The van der Waals surface area contributed by atoms with E-state index < -0.39 is 5.97 Å². The minimum absolute atomic E-state index is 0.0640. The van der Waals surface area contributed by atoms with E-state index in [4.69, 9.17) is 5.11 Å². The fourth-order valence-electron chi connectivity index (χ4n) is 3.42. The summed E-state index contributed by atoms with van der Waals surface area (Å²) < 4.78 is 0. The van der Waals surface area contributed by atoms with Gasteiger partial charge in [-0.25, -0.2) is 4.79 Å². The minimum Gasteiger partial charge on any atom is -0.481 e. The Morgan fingerprint density at radius 3 is 2.65 bits per heavy atom. The van der Waals surface area contributed by atoms with E-state index in [1.807, 2.05) is 9.80 Å². The van der Waals surface area contributed by atoms with Gasteiger partial charge in [-0.2, -0.15) is 0 Å². The van der Waals surface area contributed by atoms with Crippen molar-refractivity contribution < 1.29 is 14.7 Å². The normalized spacial score (nSPS) is 27.4. The molecule has 5 heteroatoms. The maximum atomic E-state index is 12.7. The SMILES string of the molecule is CCC1CCCN(C(=O)N2CCCCC2CC(=O)O)C1. The molecule has 0 saturated carbocycles. The summed E-state index contributed by atoms with van der Waals surface area (Å²) in [5.41, 5.74) is 0. The van der Waals surface area contributed by atoms with Gasteiger partial charge in [-0.1, -0.05) is 13.3 Å². The summed E-state index contributed by atoms with van der Waals surface area (Å²) in [4.78, 5) is 27.4. The molecule has 0 aromatic heterocycles. The highest BCUT2D eigenvalue weighted by Crippen LogP contribution is 2.25. The Balaban J connectivity index is 1.99. The number of aliphatic carboxylic acids is 1. The highest BCUT2D eigenvalue weighted by atomic mass is 16.4. The first-order valence-electron chi connectivity index (χ1n) is 7.89. The van der Waals surface area contributed by atoms with Crippen molar-refractivity contribution in [2.75, 3.05) is 19.6 Å². The molecular weight excluding hydrogens is 256 g/mol. The third kappa shape index (κ3) is 3.64. The van der Waals surface area contributed by atoms with Crippen LogP contribution in [0.3, 0.4) is 0 Å². The zero-order valence-corrected chi connectivity index (χ0v) is 12.4. The van der Waals surface area contributed by atoms with Crippen LogP contribution in [-0.4, -0.2) is 52.6 Å². The first-order chi connectivity index (χ1) is 9.61. The van der Waals surface area contributed by atoms with Crippen molar-refractivity contribution in [1.82, 2.24) is 9.80 Å². The number of carboxylic acid groups (broad SMARTS) is 1. The van der Waals surface area contributed by atoms with E-state index in [9.17, 15) is 9.59 Å². The number of hydrogen-bond donors (Lipinski definition) is 1. The monoisotopic (exact) mass is 282 g/mol. The average Bonchev–Trinajstić information content (AvgIpc) is 2.46. The lowest BCUT2D eigenvalue weighted by molar-refractivity contribution is -0.138. The van der Waals surface area contributed by atoms with Gasteiger partial charge in [0.2, 0.25) is 0 Å². The highest BCUT2D eigenvalue weighted by Gasteiger charge is 2.33. The van der Waals surface area contributed by atoms with Crippen molar-refractivity contribution in [1.29, 1.82) is 0 Å². The maximum Gasteiger partial charge on any atom is 0.320 e. The molecule has 2 aliphatic heterocycles. The summed E-state index contributed by atoms with van der Waals surface area (Å²) in [6.07, 6.45) is 6.31. The van der Waals surface area contributed by atoms with Gasteiger partial charge in [0, 0.05) is 25.7 Å². The molecule has 0 aromatic rings. The van der Waals surface area contributed by atoms with Gasteiger partial charge in [-0.05, 0) is 38.0 Å². The third-order valence-corrected chi connectivity index (χ3v) is 4.65. The summed E-state index contributed by atoms with van der Waals surface area (Å²) in [7, 11) is 0. The number of urea groups is 1. The number of likely N-dealkylation sites (tertiary alicyclic amines) is 2. The molecule has 2 aliphatic rings. The molecule has 2 atom stereocenters. The molecule has 2 saturated heterocycles. The number of carboxylic acids is 1. The number of carbonyl (C=O) groups is 2. The Morgan fingerprint density at radius 1 is 1.15 bits per heavy atom. The summed E-state index contributed by atoms with van der Waals surface area (Å²) in [6, 6.07) is -0.0511. The smallest absolute Gasteiger partial charge is 0.320 e. The first kappa shape index (κ1) is 15.1. The third-order valence-electron chi connectivity index (χ3n) is 4.65. The zero-order chi connectivity index (χ0) is 14.5. The van der Waals surface area contributed by atoms with Crippen molar-refractivity contribution in [3.05, 3.63) is 0 Å². The maximum absolute atomic E-state index is 12.7. The molecule has 2 amide bonds. The molecule has 0 aromatic carbocycles. The lowest BCUT2D eigenvalue weighted by Gasteiger charge is -2.41. The van der Waals surface area contributed by atoms with Gasteiger partial charge >= 0.3 is 12.0 Å². The Kier molecular flexibility index (Phi) is 5.26. The first-order valence-corrected chi connectivity index (χ1v) is 7.89. The lowest BCUT2D eigenvalue weighted by atomic mass is 9.95. The highest BCUT2D eigenvalue weighted by molar-refractivity contribution is 5.76. The van der Waals surface area contributed by atoms with Crippen LogP contribution in [0.25, 0.3) is 0 Å². The Labute approximate surface area is 120 Å². The van der Waals surface area contributed by atoms with Crippen molar-refractivity contribution in [2.24, 2.45) is 5.92 Å². The largest absolute Gasteiger partial charge is 0.481 e. The molecule has 0 spiro atoms. The minimum atomic E-state index is -0.806. The van der Waals surface area contributed by atoms with Gasteiger partial charge in [0.25, 0.3) is 0 Å². The molecule has 2 heterocycles. The topological polar surface area (TPSA) is 60.9 Å². The van der Waals surface area contributed by atoms with Gasteiger partial charge in [-0.3, -0.25) is 4.79 Å². The number of carbonyl (C=O) groups excluding carboxylic acids is 1. The van der Waals surface area contributed by atoms with Crippen molar-refractivity contribution >= 4 is 12.0 Å².